The van der Waals surface area contributed by atoms with Crippen LogP contribution in [0.1, 0.15) is 75.6 Å². The summed E-state index contributed by atoms with van der Waals surface area (Å²) in [6.07, 6.45) is 8.31. The molecule has 2 aliphatic rings. The predicted octanol–water partition coefficient (Wildman–Crippen LogP) is 4.35. The Hall–Kier alpha value is -2.08. The molecule has 2 saturated heterocycles. The summed E-state index contributed by atoms with van der Waals surface area (Å²) >= 11 is 0. The lowest BCUT2D eigenvalue weighted by molar-refractivity contribution is -0.120. The van der Waals surface area contributed by atoms with Gasteiger partial charge in [-0.2, -0.15) is 0 Å². The number of benzene rings is 1. The van der Waals surface area contributed by atoms with Crippen LogP contribution in [0.25, 0.3) is 0 Å². The third kappa shape index (κ3) is 5.97. The molecule has 2 aliphatic heterocycles. The van der Waals surface area contributed by atoms with E-state index in [0.717, 1.165) is 76.8 Å². The fraction of sp³-hybridized carbons (Fsp3) is 0.667. The molecule has 2 amide bonds. The molecule has 2 N–H and O–H groups in total. The number of unbranched alkanes of at least 4 members (excludes halogenated alkanes) is 1. The number of carbonyl (C=O) groups is 2. The highest BCUT2D eigenvalue weighted by atomic mass is 16.5. The first-order valence-electron chi connectivity index (χ1n) is 11.7. The topological polar surface area (TPSA) is 70.7 Å². The number of nitrogens with one attached hydrogen (secondary N) is 2. The van der Waals surface area contributed by atoms with E-state index in [1.165, 1.54) is 0 Å². The van der Waals surface area contributed by atoms with Crippen molar-refractivity contribution in [3.63, 3.8) is 0 Å². The third-order valence-electron chi connectivity index (χ3n) is 6.24. The molecule has 0 aliphatic carbocycles. The SMILES string of the molecule is CCCCC(CC)C(=O)Nc1ccc(N2CCCC2)c(C(=O)NCC2CCCO2)c1. The molecule has 2 unspecified atom stereocenters. The number of carbonyl (C=O) groups excluding carboxylic acids is 2. The van der Waals surface area contributed by atoms with E-state index in [1.54, 1.807) is 0 Å². The number of hydrogen-bond donors (Lipinski definition) is 2. The normalized spacial score (nSPS) is 19.7. The summed E-state index contributed by atoms with van der Waals surface area (Å²) in [5.41, 5.74) is 2.28. The van der Waals surface area contributed by atoms with Crippen LogP contribution in [0.5, 0.6) is 0 Å². The fourth-order valence-electron chi connectivity index (χ4n) is 4.35. The van der Waals surface area contributed by atoms with Gasteiger partial charge >= 0.3 is 0 Å². The Kier molecular flexibility index (Phi) is 8.55. The molecule has 1 aromatic rings. The molecule has 0 spiro atoms. The van der Waals surface area contributed by atoms with Gasteiger partial charge < -0.3 is 20.3 Å². The second-order valence-electron chi connectivity index (χ2n) is 8.51. The van der Waals surface area contributed by atoms with Crippen molar-refractivity contribution in [1.29, 1.82) is 0 Å². The monoisotopic (exact) mass is 415 g/mol. The Balaban J connectivity index is 1.73. The molecule has 2 fully saturated rings. The third-order valence-corrected chi connectivity index (χ3v) is 6.24. The zero-order valence-corrected chi connectivity index (χ0v) is 18.5. The summed E-state index contributed by atoms with van der Waals surface area (Å²) < 4.78 is 5.63. The molecule has 0 radical (unpaired) electrons. The van der Waals surface area contributed by atoms with E-state index < -0.39 is 0 Å². The smallest absolute Gasteiger partial charge is 0.253 e. The van der Waals surface area contributed by atoms with E-state index >= 15 is 0 Å². The van der Waals surface area contributed by atoms with Crippen LogP contribution in [0, 0.1) is 5.92 Å². The number of amides is 2. The molecule has 0 bridgehead atoms. The van der Waals surface area contributed by atoms with Gasteiger partial charge in [-0.1, -0.05) is 26.7 Å². The van der Waals surface area contributed by atoms with Gasteiger partial charge in [0.25, 0.3) is 5.91 Å². The molecular weight excluding hydrogens is 378 g/mol. The molecule has 6 nitrogen and oxygen atoms in total. The molecule has 2 heterocycles. The van der Waals surface area contributed by atoms with E-state index in [9.17, 15) is 9.59 Å². The van der Waals surface area contributed by atoms with Crippen LogP contribution in [-0.4, -0.2) is 44.2 Å². The Bertz CT molecular complexity index is 710. The summed E-state index contributed by atoms with van der Waals surface area (Å²) in [5, 5.41) is 6.09. The van der Waals surface area contributed by atoms with Gasteiger partial charge in [0.1, 0.15) is 0 Å². The van der Waals surface area contributed by atoms with Crippen LogP contribution in [0.2, 0.25) is 0 Å². The zero-order chi connectivity index (χ0) is 21.3. The van der Waals surface area contributed by atoms with Gasteiger partial charge in [-0.05, 0) is 56.7 Å². The van der Waals surface area contributed by atoms with E-state index in [1.807, 2.05) is 18.2 Å². The molecule has 0 saturated carbocycles. The van der Waals surface area contributed by atoms with Crippen LogP contribution < -0.4 is 15.5 Å². The highest BCUT2D eigenvalue weighted by Crippen LogP contribution is 2.28. The number of hydrogen-bond acceptors (Lipinski definition) is 4. The van der Waals surface area contributed by atoms with Gasteiger partial charge in [0, 0.05) is 43.5 Å². The Morgan fingerprint density at radius 1 is 1.20 bits per heavy atom. The van der Waals surface area contributed by atoms with Crippen molar-refractivity contribution in [2.75, 3.05) is 36.5 Å². The molecule has 6 heteroatoms. The molecule has 0 aromatic heterocycles. The minimum absolute atomic E-state index is 0.0139. The van der Waals surface area contributed by atoms with Crippen LogP contribution in [0.4, 0.5) is 11.4 Å². The lowest BCUT2D eigenvalue weighted by Crippen LogP contribution is -2.33. The maximum absolute atomic E-state index is 13.0. The molecule has 30 heavy (non-hydrogen) atoms. The first kappa shape index (κ1) is 22.6. The van der Waals surface area contributed by atoms with Crippen LogP contribution in [0.15, 0.2) is 18.2 Å². The van der Waals surface area contributed by atoms with Crippen molar-refractivity contribution in [3.05, 3.63) is 23.8 Å². The summed E-state index contributed by atoms with van der Waals surface area (Å²) in [4.78, 5) is 28.0. The van der Waals surface area contributed by atoms with Gasteiger partial charge in [-0.25, -0.2) is 0 Å². The maximum atomic E-state index is 13.0. The van der Waals surface area contributed by atoms with Crippen molar-refractivity contribution >= 4 is 23.2 Å². The Labute approximate surface area is 180 Å². The second kappa shape index (κ2) is 11.3. The van der Waals surface area contributed by atoms with Crippen molar-refractivity contribution in [2.24, 2.45) is 5.92 Å². The summed E-state index contributed by atoms with van der Waals surface area (Å²) in [6, 6.07) is 5.74. The maximum Gasteiger partial charge on any atom is 0.253 e. The number of anilines is 2. The minimum atomic E-state index is -0.0958. The highest BCUT2D eigenvalue weighted by molar-refractivity contribution is 6.02. The molecule has 3 rings (SSSR count). The van der Waals surface area contributed by atoms with Crippen molar-refractivity contribution in [2.45, 2.75) is 71.3 Å². The first-order valence-corrected chi connectivity index (χ1v) is 11.7. The second-order valence-corrected chi connectivity index (χ2v) is 8.51. The van der Waals surface area contributed by atoms with Gasteiger partial charge in [-0.3, -0.25) is 9.59 Å². The highest BCUT2D eigenvalue weighted by Gasteiger charge is 2.23. The summed E-state index contributed by atoms with van der Waals surface area (Å²) in [7, 11) is 0. The van der Waals surface area contributed by atoms with Crippen LogP contribution >= 0.6 is 0 Å². The number of ether oxygens (including phenoxy) is 1. The van der Waals surface area contributed by atoms with E-state index in [-0.39, 0.29) is 23.8 Å². The van der Waals surface area contributed by atoms with E-state index in [0.29, 0.717) is 17.8 Å². The van der Waals surface area contributed by atoms with Gasteiger partial charge in [0.15, 0.2) is 0 Å². The van der Waals surface area contributed by atoms with Crippen molar-refractivity contribution < 1.29 is 14.3 Å². The van der Waals surface area contributed by atoms with Crippen molar-refractivity contribution in [3.8, 4) is 0 Å². The van der Waals surface area contributed by atoms with Crippen molar-refractivity contribution in [1.82, 2.24) is 5.32 Å². The van der Waals surface area contributed by atoms with Gasteiger partial charge in [0.05, 0.1) is 11.7 Å². The first-order chi connectivity index (χ1) is 14.6. The van der Waals surface area contributed by atoms with Crippen LogP contribution in [-0.2, 0) is 9.53 Å². The van der Waals surface area contributed by atoms with Gasteiger partial charge in [0.2, 0.25) is 5.91 Å². The van der Waals surface area contributed by atoms with E-state index in [2.05, 4.69) is 29.4 Å². The fourth-order valence-corrected chi connectivity index (χ4v) is 4.35. The largest absolute Gasteiger partial charge is 0.376 e. The zero-order valence-electron chi connectivity index (χ0n) is 18.5. The Morgan fingerprint density at radius 2 is 2.00 bits per heavy atom. The van der Waals surface area contributed by atoms with E-state index in [4.69, 9.17) is 4.74 Å². The predicted molar refractivity (Wildman–Crippen MR) is 121 cm³/mol. The average Bonchev–Trinajstić information content (AvgIpc) is 3.47. The Morgan fingerprint density at radius 3 is 2.67 bits per heavy atom. The molecule has 2 atom stereocenters. The summed E-state index contributed by atoms with van der Waals surface area (Å²) in [6.45, 7) is 7.43. The standard InChI is InChI=1S/C24H37N3O3/c1-3-5-9-18(4-2)23(28)26-19-11-12-22(27-13-6-7-14-27)21(16-19)24(29)25-17-20-10-8-15-30-20/h11-12,16,18,20H,3-10,13-15,17H2,1-2H3,(H,25,29)(H,26,28). The average molecular weight is 416 g/mol. The molecule has 166 valence electrons. The van der Waals surface area contributed by atoms with Gasteiger partial charge in [-0.15, -0.1) is 0 Å². The van der Waals surface area contributed by atoms with Crippen LogP contribution in [0.3, 0.4) is 0 Å². The lowest BCUT2D eigenvalue weighted by Gasteiger charge is -2.23. The number of nitrogens with zero attached hydrogens (tertiary/aromatic N) is 1. The lowest BCUT2D eigenvalue weighted by atomic mass is 9.98. The number of rotatable bonds is 10. The minimum Gasteiger partial charge on any atom is -0.376 e. The quantitative estimate of drug-likeness (QED) is 0.596. The molecular formula is C24H37N3O3. The molecule has 1 aromatic carbocycles. The summed E-state index contributed by atoms with van der Waals surface area (Å²) in [5.74, 6) is -0.0351.